The molecule has 2 aromatic rings. The lowest BCUT2D eigenvalue weighted by molar-refractivity contribution is -0.384. The molecule has 0 spiro atoms. The first-order chi connectivity index (χ1) is 11.1. The summed E-state index contributed by atoms with van der Waals surface area (Å²) in [6.45, 7) is 0.546. The number of nitrogens with one attached hydrogen (secondary N) is 2. The van der Waals surface area contributed by atoms with Gasteiger partial charge in [0.05, 0.1) is 4.92 Å². The molecule has 1 aliphatic carbocycles. The van der Waals surface area contributed by atoms with Crippen molar-refractivity contribution in [3.8, 4) is 0 Å². The van der Waals surface area contributed by atoms with Crippen LogP contribution in [0.1, 0.15) is 17.9 Å². The second-order valence-electron chi connectivity index (χ2n) is 5.50. The van der Waals surface area contributed by atoms with Gasteiger partial charge >= 0.3 is 11.7 Å². The van der Waals surface area contributed by atoms with Crippen molar-refractivity contribution in [1.29, 1.82) is 0 Å². The number of amides is 2. The van der Waals surface area contributed by atoms with E-state index in [2.05, 4.69) is 27.8 Å². The SMILES string of the molecule is O=C(NC[C@H]1C[C@H]1c1ccccc1)Nc1ccncc1[N+](=O)[O-]. The number of benzene rings is 1. The third-order valence-electron chi connectivity index (χ3n) is 3.92. The van der Waals surface area contributed by atoms with Gasteiger partial charge in [-0.25, -0.2) is 4.79 Å². The van der Waals surface area contributed by atoms with Gasteiger partial charge < -0.3 is 10.6 Å². The highest BCUT2D eigenvalue weighted by Gasteiger charge is 2.38. The van der Waals surface area contributed by atoms with Gasteiger partial charge in [-0.1, -0.05) is 30.3 Å². The fourth-order valence-electron chi connectivity index (χ4n) is 2.61. The molecular weight excluding hydrogens is 296 g/mol. The standard InChI is InChI=1S/C16H16N4O3/c21-16(19-14-6-7-17-10-15(14)20(22)23)18-9-12-8-13(12)11-4-2-1-3-5-11/h1-7,10,12-13H,8-9H2,(H2,17,18,19,21)/t12-,13+/m1/s1. The lowest BCUT2D eigenvalue weighted by atomic mass is 10.1. The average molecular weight is 312 g/mol. The van der Waals surface area contributed by atoms with Gasteiger partial charge in [-0.05, 0) is 29.9 Å². The number of nitro groups is 1. The molecule has 1 aromatic heterocycles. The van der Waals surface area contributed by atoms with Gasteiger partial charge in [0, 0.05) is 12.7 Å². The van der Waals surface area contributed by atoms with Gasteiger partial charge in [-0.2, -0.15) is 0 Å². The van der Waals surface area contributed by atoms with Crippen LogP contribution in [0.4, 0.5) is 16.2 Å². The Balaban J connectivity index is 1.51. The van der Waals surface area contributed by atoms with E-state index >= 15 is 0 Å². The molecule has 2 amide bonds. The van der Waals surface area contributed by atoms with E-state index in [0.29, 0.717) is 18.4 Å². The number of hydrogen-bond acceptors (Lipinski definition) is 4. The maximum absolute atomic E-state index is 11.9. The van der Waals surface area contributed by atoms with E-state index in [0.717, 1.165) is 12.6 Å². The molecule has 2 N–H and O–H groups in total. The molecule has 1 saturated carbocycles. The highest BCUT2D eigenvalue weighted by atomic mass is 16.6. The average Bonchev–Trinajstić information content (AvgIpc) is 3.34. The molecule has 7 heteroatoms. The lowest BCUT2D eigenvalue weighted by Crippen LogP contribution is -2.30. The summed E-state index contributed by atoms with van der Waals surface area (Å²) in [5, 5.41) is 16.1. The molecule has 0 unspecified atom stereocenters. The van der Waals surface area contributed by atoms with E-state index in [9.17, 15) is 14.9 Å². The second kappa shape index (κ2) is 6.43. The quantitative estimate of drug-likeness (QED) is 0.655. The van der Waals surface area contributed by atoms with Crippen LogP contribution in [0.2, 0.25) is 0 Å². The van der Waals surface area contributed by atoms with E-state index < -0.39 is 11.0 Å². The van der Waals surface area contributed by atoms with Crippen LogP contribution in [0.5, 0.6) is 0 Å². The van der Waals surface area contributed by atoms with Crippen molar-refractivity contribution >= 4 is 17.4 Å². The fourth-order valence-corrected chi connectivity index (χ4v) is 2.61. The predicted molar refractivity (Wildman–Crippen MR) is 85.2 cm³/mol. The van der Waals surface area contributed by atoms with E-state index in [1.807, 2.05) is 18.2 Å². The molecule has 3 rings (SSSR count). The highest BCUT2D eigenvalue weighted by molar-refractivity contribution is 5.91. The molecule has 1 fully saturated rings. The van der Waals surface area contributed by atoms with Gasteiger partial charge in [0.2, 0.25) is 0 Å². The summed E-state index contributed by atoms with van der Waals surface area (Å²) in [5.74, 6) is 0.891. The summed E-state index contributed by atoms with van der Waals surface area (Å²) >= 11 is 0. The minimum atomic E-state index is -0.574. The number of hydrogen-bond donors (Lipinski definition) is 2. The van der Waals surface area contributed by atoms with Crippen LogP contribution in [-0.4, -0.2) is 22.5 Å². The number of anilines is 1. The topological polar surface area (TPSA) is 97.2 Å². The second-order valence-corrected chi connectivity index (χ2v) is 5.50. The van der Waals surface area contributed by atoms with Gasteiger partial charge in [0.1, 0.15) is 11.9 Å². The predicted octanol–water partition coefficient (Wildman–Crippen LogP) is 2.92. The Bertz CT molecular complexity index is 720. The van der Waals surface area contributed by atoms with E-state index in [4.69, 9.17) is 0 Å². The van der Waals surface area contributed by atoms with Crippen molar-refractivity contribution in [2.75, 3.05) is 11.9 Å². The Kier molecular flexibility index (Phi) is 4.18. The summed E-state index contributed by atoms with van der Waals surface area (Å²) in [6.07, 6.45) is 3.55. The first-order valence-corrected chi connectivity index (χ1v) is 7.33. The van der Waals surface area contributed by atoms with Crippen molar-refractivity contribution < 1.29 is 9.72 Å². The van der Waals surface area contributed by atoms with Crippen molar-refractivity contribution in [2.45, 2.75) is 12.3 Å². The summed E-state index contributed by atoms with van der Waals surface area (Å²) in [6, 6.07) is 11.1. The number of rotatable bonds is 5. The molecule has 0 saturated heterocycles. The monoisotopic (exact) mass is 312 g/mol. The number of carbonyl (C=O) groups excluding carboxylic acids is 1. The van der Waals surface area contributed by atoms with Crippen molar-refractivity contribution in [1.82, 2.24) is 10.3 Å². The van der Waals surface area contributed by atoms with Crippen LogP contribution < -0.4 is 10.6 Å². The molecule has 0 aliphatic heterocycles. The van der Waals surface area contributed by atoms with E-state index in [1.54, 1.807) is 0 Å². The molecule has 1 heterocycles. The van der Waals surface area contributed by atoms with Crippen LogP contribution >= 0.6 is 0 Å². The zero-order chi connectivity index (χ0) is 16.2. The molecule has 23 heavy (non-hydrogen) atoms. The van der Waals surface area contributed by atoms with Crippen molar-refractivity contribution in [3.05, 3.63) is 64.5 Å². The number of urea groups is 1. The third-order valence-corrected chi connectivity index (χ3v) is 3.92. The minimum Gasteiger partial charge on any atom is -0.338 e. The first kappa shape index (κ1) is 15.0. The van der Waals surface area contributed by atoms with Crippen LogP contribution in [0.25, 0.3) is 0 Å². The zero-order valence-electron chi connectivity index (χ0n) is 12.3. The maximum atomic E-state index is 11.9. The summed E-state index contributed by atoms with van der Waals surface area (Å²) in [5.41, 5.74) is 1.19. The Morgan fingerprint density at radius 1 is 1.30 bits per heavy atom. The maximum Gasteiger partial charge on any atom is 0.319 e. The van der Waals surface area contributed by atoms with Crippen molar-refractivity contribution in [2.24, 2.45) is 5.92 Å². The molecule has 0 radical (unpaired) electrons. The Morgan fingerprint density at radius 2 is 2.09 bits per heavy atom. The Labute approximate surface area is 132 Å². The molecule has 1 aromatic carbocycles. The number of nitrogens with zero attached hydrogens (tertiary/aromatic N) is 2. The minimum absolute atomic E-state index is 0.137. The smallest absolute Gasteiger partial charge is 0.319 e. The van der Waals surface area contributed by atoms with Crippen LogP contribution in [0, 0.1) is 16.0 Å². The molecule has 7 nitrogen and oxygen atoms in total. The summed E-state index contributed by atoms with van der Waals surface area (Å²) in [4.78, 5) is 25.9. The zero-order valence-corrected chi connectivity index (χ0v) is 12.3. The van der Waals surface area contributed by atoms with E-state index in [1.165, 1.54) is 17.8 Å². The fraction of sp³-hybridized carbons (Fsp3) is 0.250. The van der Waals surface area contributed by atoms with Gasteiger partial charge in [-0.15, -0.1) is 0 Å². The Hall–Kier alpha value is -2.96. The van der Waals surface area contributed by atoms with Crippen LogP contribution in [0.3, 0.4) is 0 Å². The molecular formula is C16H16N4O3. The number of pyridine rings is 1. The Morgan fingerprint density at radius 3 is 2.83 bits per heavy atom. The molecule has 0 bridgehead atoms. The number of aromatic nitrogens is 1. The van der Waals surface area contributed by atoms with Gasteiger partial charge in [0.25, 0.3) is 0 Å². The third kappa shape index (κ3) is 3.63. The van der Waals surface area contributed by atoms with E-state index in [-0.39, 0.29) is 11.4 Å². The van der Waals surface area contributed by atoms with Gasteiger partial charge in [0.15, 0.2) is 0 Å². The van der Waals surface area contributed by atoms with Crippen molar-refractivity contribution in [3.63, 3.8) is 0 Å². The lowest BCUT2D eigenvalue weighted by Gasteiger charge is -2.07. The summed E-state index contributed by atoms with van der Waals surface area (Å²) in [7, 11) is 0. The molecule has 118 valence electrons. The summed E-state index contributed by atoms with van der Waals surface area (Å²) < 4.78 is 0. The normalized spacial score (nSPS) is 19.0. The first-order valence-electron chi connectivity index (χ1n) is 7.33. The highest BCUT2D eigenvalue weighted by Crippen LogP contribution is 2.46. The van der Waals surface area contributed by atoms with Crippen LogP contribution in [0.15, 0.2) is 48.8 Å². The molecule has 1 aliphatic rings. The van der Waals surface area contributed by atoms with Gasteiger partial charge in [-0.3, -0.25) is 15.1 Å². The molecule has 2 atom stereocenters. The largest absolute Gasteiger partial charge is 0.338 e. The number of carbonyl (C=O) groups is 1. The van der Waals surface area contributed by atoms with Crippen LogP contribution in [-0.2, 0) is 0 Å².